The van der Waals surface area contributed by atoms with Crippen LogP contribution in [0.4, 0.5) is 5.95 Å². The number of methoxy groups -OCH3 is 1. The molecule has 0 unspecified atom stereocenters. The van der Waals surface area contributed by atoms with Gasteiger partial charge in [0.15, 0.2) is 11.8 Å². The van der Waals surface area contributed by atoms with E-state index in [9.17, 15) is 4.79 Å². The minimum Gasteiger partial charge on any atom is -0.375 e. The first kappa shape index (κ1) is 20.8. The number of rotatable bonds is 9. The number of nitrogens with zero attached hydrogens (tertiary/aromatic N) is 4. The molecule has 2 heterocycles. The zero-order valence-electron chi connectivity index (χ0n) is 16.3. The van der Waals surface area contributed by atoms with Crippen molar-refractivity contribution in [2.45, 2.75) is 58.8 Å². The first-order chi connectivity index (χ1) is 12.7. The normalized spacial score (nSPS) is 14.1. The van der Waals surface area contributed by atoms with E-state index >= 15 is 0 Å². The fraction of sp³-hybridized carbons (Fsp3) is 0.647. The SMILES string of the molecule is COCc1nc([C@@H](NC(=O)[C@@H](N)CCCn2ccnc2N)C(C)(C)C)no1. The number of ether oxygens (including phenoxy) is 1. The standard InChI is InChI=1S/C17H29N7O3/c1-17(2,3)13(14-21-12(10-26-4)27-23-14)22-15(25)11(18)6-5-8-24-9-7-20-16(24)19/h7,9,11,13H,5-6,8,10,18H2,1-4H3,(H2,19,20)(H,22,25)/t11-,13+/m0/s1. The number of carbonyl (C=O) groups is 1. The lowest BCUT2D eigenvalue weighted by atomic mass is 9.86. The van der Waals surface area contributed by atoms with Gasteiger partial charge in [-0.15, -0.1) is 0 Å². The second-order valence-electron chi connectivity index (χ2n) is 7.51. The van der Waals surface area contributed by atoms with Gasteiger partial charge in [0.05, 0.1) is 12.1 Å². The molecular weight excluding hydrogens is 350 g/mol. The van der Waals surface area contributed by atoms with Crippen LogP contribution in [0, 0.1) is 5.41 Å². The predicted octanol–water partition coefficient (Wildman–Crippen LogP) is 1.01. The summed E-state index contributed by atoms with van der Waals surface area (Å²) in [6, 6.07) is -1.08. The number of aryl methyl sites for hydroxylation is 1. The molecule has 2 aromatic heterocycles. The van der Waals surface area contributed by atoms with Gasteiger partial charge in [0.1, 0.15) is 6.61 Å². The minimum atomic E-state index is -0.648. The molecule has 1 amide bonds. The van der Waals surface area contributed by atoms with Crippen molar-refractivity contribution in [3.63, 3.8) is 0 Å². The third-order valence-electron chi connectivity index (χ3n) is 4.16. The van der Waals surface area contributed by atoms with Gasteiger partial charge in [-0.3, -0.25) is 4.79 Å². The van der Waals surface area contributed by atoms with Crippen molar-refractivity contribution in [1.29, 1.82) is 0 Å². The van der Waals surface area contributed by atoms with Crippen LogP contribution < -0.4 is 16.8 Å². The molecule has 0 radical (unpaired) electrons. The van der Waals surface area contributed by atoms with Gasteiger partial charge in [0.25, 0.3) is 5.89 Å². The molecule has 0 saturated carbocycles. The van der Waals surface area contributed by atoms with Crippen molar-refractivity contribution in [3.05, 3.63) is 24.1 Å². The van der Waals surface area contributed by atoms with Crippen LogP contribution in [-0.4, -0.2) is 38.8 Å². The first-order valence-corrected chi connectivity index (χ1v) is 8.86. The molecule has 0 aliphatic heterocycles. The predicted molar refractivity (Wildman–Crippen MR) is 99.2 cm³/mol. The molecule has 5 N–H and O–H groups in total. The fourth-order valence-electron chi connectivity index (χ4n) is 2.63. The van der Waals surface area contributed by atoms with Crippen molar-refractivity contribution in [2.75, 3.05) is 12.8 Å². The van der Waals surface area contributed by atoms with Crippen molar-refractivity contribution in [3.8, 4) is 0 Å². The van der Waals surface area contributed by atoms with Gasteiger partial charge in [0, 0.05) is 26.0 Å². The van der Waals surface area contributed by atoms with Gasteiger partial charge >= 0.3 is 0 Å². The van der Waals surface area contributed by atoms with E-state index in [4.69, 9.17) is 20.7 Å². The Morgan fingerprint density at radius 2 is 2.19 bits per heavy atom. The van der Waals surface area contributed by atoms with E-state index in [0.717, 1.165) is 0 Å². The maximum absolute atomic E-state index is 12.6. The Morgan fingerprint density at radius 1 is 1.44 bits per heavy atom. The maximum Gasteiger partial charge on any atom is 0.252 e. The van der Waals surface area contributed by atoms with Gasteiger partial charge < -0.3 is 30.6 Å². The number of hydrogen-bond donors (Lipinski definition) is 3. The summed E-state index contributed by atoms with van der Waals surface area (Å²) in [5, 5.41) is 6.92. The van der Waals surface area contributed by atoms with Crippen LogP contribution >= 0.6 is 0 Å². The highest BCUT2D eigenvalue weighted by Gasteiger charge is 2.33. The van der Waals surface area contributed by atoms with E-state index in [1.165, 1.54) is 0 Å². The van der Waals surface area contributed by atoms with Crippen molar-refractivity contribution in [1.82, 2.24) is 25.0 Å². The van der Waals surface area contributed by atoms with E-state index in [1.54, 1.807) is 19.5 Å². The Labute approximate surface area is 158 Å². The third-order valence-corrected chi connectivity index (χ3v) is 4.16. The summed E-state index contributed by atoms with van der Waals surface area (Å²) < 4.78 is 12.0. The Morgan fingerprint density at radius 3 is 2.78 bits per heavy atom. The summed E-state index contributed by atoms with van der Waals surface area (Å²) in [4.78, 5) is 20.8. The van der Waals surface area contributed by atoms with Crippen molar-refractivity contribution < 1.29 is 14.1 Å². The van der Waals surface area contributed by atoms with Crippen LogP contribution in [0.15, 0.2) is 16.9 Å². The van der Waals surface area contributed by atoms with E-state index in [-0.39, 0.29) is 17.9 Å². The number of amides is 1. The van der Waals surface area contributed by atoms with Crippen LogP contribution in [0.2, 0.25) is 0 Å². The summed E-state index contributed by atoms with van der Waals surface area (Å²) in [6.45, 7) is 6.82. The van der Waals surface area contributed by atoms with Gasteiger partial charge in [-0.05, 0) is 18.3 Å². The number of hydrogen-bond acceptors (Lipinski definition) is 8. The second kappa shape index (κ2) is 8.96. The molecule has 0 aliphatic carbocycles. The number of aromatic nitrogens is 4. The summed E-state index contributed by atoms with van der Waals surface area (Å²) in [7, 11) is 1.54. The number of nitrogen functional groups attached to an aromatic ring is 1. The topological polar surface area (TPSA) is 147 Å². The average molecular weight is 379 g/mol. The molecule has 2 aromatic rings. The van der Waals surface area contributed by atoms with Gasteiger partial charge in [0.2, 0.25) is 5.91 Å². The third kappa shape index (κ3) is 5.76. The molecule has 0 aliphatic rings. The molecule has 150 valence electrons. The molecule has 10 heteroatoms. The summed E-state index contributed by atoms with van der Waals surface area (Å²) >= 11 is 0. The molecule has 27 heavy (non-hydrogen) atoms. The number of imidazole rings is 1. The number of nitrogens with two attached hydrogens (primary N) is 2. The van der Waals surface area contributed by atoms with Crippen LogP contribution in [0.1, 0.15) is 51.4 Å². The fourth-order valence-corrected chi connectivity index (χ4v) is 2.63. The Balaban J connectivity index is 1.94. The summed E-state index contributed by atoms with van der Waals surface area (Å²) in [5.41, 5.74) is 11.5. The molecule has 0 saturated heterocycles. The van der Waals surface area contributed by atoms with Crippen LogP contribution in [-0.2, 0) is 22.7 Å². The second-order valence-corrected chi connectivity index (χ2v) is 7.51. The number of nitrogens with one attached hydrogen (secondary N) is 1. The molecule has 0 fully saturated rings. The molecular formula is C17H29N7O3. The number of anilines is 1. The molecule has 2 rings (SSSR count). The highest BCUT2D eigenvalue weighted by atomic mass is 16.5. The lowest BCUT2D eigenvalue weighted by molar-refractivity contribution is -0.124. The molecule has 0 aromatic carbocycles. The van der Waals surface area contributed by atoms with E-state index in [0.29, 0.717) is 37.0 Å². The van der Waals surface area contributed by atoms with Gasteiger partial charge in [-0.1, -0.05) is 25.9 Å². The quantitative estimate of drug-likeness (QED) is 0.584. The number of carbonyl (C=O) groups excluding carboxylic acids is 1. The largest absolute Gasteiger partial charge is 0.375 e. The monoisotopic (exact) mass is 379 g/mol. The lowest BCUT2D eigenvalue weighted by Crippen LogP contribution is -2.45. The minimum absolute atomic E-state index is 0.217. The molecule has 0 bridgehead atoms. The Kier molecular flexibility index (Phi) is 6.92. The van der Waals surface area contributed by atoms with E-state index in [1.807, 2.05) is 25.3 Å². The molecule has 10 nitrogen and oxygen atoms in total. The highest BCUT2D eigenvalue weighted by Crippen LogP contribution is 2.31. The van der Waals surface area contributed by atoms with E-state index < -0.39 is 12.1 Å². The molecule has 0 spiro atoms. The highest BCUT2D eigenvalue weighted by molar-refractivity contribution is 5.81. The van der Waals surface area contributed by atoms with Gasteiger partial charge in [-0.2, -0.15) is 4.98 Å². The Bertz CT molecular complexity index is 735. The first-order valence-electron chi connectivity index (χ1n) is 8.86. The van der Waals surface area contributed by atoms with Crippen molar-refractivity contribution >= 4 is 11.9 Å². The smallest absolute Gasteiger partial charge is 0.252 e. The maximum atomic E-state index is 12.6. The Hall–Kier alpha value is -2.46. The summed E-state index contributed by atoms with van der Waals surface area (Å²) in [6.07, 6.45) is 4.65. The summed E-state index contributed by atoms with van der Waals surface area (Å²) in [5.74, 6) is 0.955. The van der Waals surface area contributed by atoms with E-state index in [2.05, 4.69) is 20.4 Å². The molecule has 2 atom stereocenters. The van der Waals surface area contributed by atoms with Crippen LogP contribution in [0.25, 0.3) is 0 Å². The van der Waals surface area contributed by atoms with Crippen LogP contribution in [0.5, 0.6) is 0 Å². The lowest BCUT2D eigenvalue weighted by Gasteiger charge is -2.29. The van der Waals surface area contributed by atoms with Gasteiger partial charge in [-0.25, -0.2) is 4.98 Å². The van der Waals surface area contributed by atoms with Crippen molar-refractivity contribution in [2.24, 2.45) is 11.1 Å². The zero-order valence-corrected chi connectivity index (χ0v) is 16.3. The van der Waals surface area contributed by atoms with Crippen LogP contribution in [0.3, 0.4) is 0 Å². The average Bonchev–Trinajstić information content (AvgIpc) is 3.21. The zero-order chi connectivity index (χ0) is 20.0.